The summed E-state index contributed by atoms with van der Waals surface area (Å²) in [5.41, 5.74) is 0.883. The van der Waals surface area contributed by atoms with Crippen molar-refractivity contribution in [1.82, 2.24) is 5.32 Å². The van der Waals surface area contributed by atoms with Crippen molar-refractivity contribution in [3.63, 3.8) is 0 Å². The predicted octanol–water partition coefficient (Wildman–Crippen LogP) is 0.887. The van der Waals surface area contributed by atoms with E-state index in [9.17, 15) is 13.5 Å². The number of hydrogen-bond acceptors (Lipinski definition) is 4. The van der Waals surface area contributed by atoms with E-state index in [1.54, 1.807) is 0 Å². The van der Waals surface area contributed by atoms with Gasteiger partial charge in [-0.1, -0.05) is 30.3 Å². The molecule has 2 rings (SSSR count). The molecule has 0 aliphatic carbocycles. The van der Waals surface area contributed by atoms with Crippen LogP contribution in [-0.2, 0) is 9.84 Å². The molecule has 100 valence electrons. The van der Waals surface area contributed by atoms with Gasteiger partial charge in [0.1, 0.15) is 9.84 Å². The highest BCUT2D eigenvalue weighted by molar-refractivity contribution is 7.91. The second kappa shape index (κ2) is 5.82. The van der Waals surface area contributed by atoms with Crippen LogP contribution in [0.3, 0.4) is 0 Å². The van der Waals surface area contributed by atoms with E-state index < -0.39 is 15.9 Å². The summed E-state index contributed by atoms with van der Waals surface area (Å²) < 4.78 is 22.6. The van der Waals surface area contributed by atoms with E-state index >= 15 is 0 Å². The molecular formula is C13H19NO3S. The van der Waals surface area contributed by atoms with E-state index in [0.717, 1.165) is 5.56 Å². The molecule has 1 unspecified atom stereocenters. The van der Waals surface area contributed by atoms with Gasteiger partial charge in [-0.2, -0.15) is 0 Å². The Kier molecular flexibility index (Phi) is 4.37. The molecule has 2 N–H and O–H groups in total. The first-order valence-corrected chi connectivity index (χ1v) is 8.06. The van der Waals surface area contributed by atoms with Crippen LogP contribution in [0.25, 0.3) is 0 Å². The van der Waals surface area contributed by atoms with Gasteiger partial charge < -0.3 is 10.4 Å². The Morgan fingerprint density at radius 1 is 1.22 bits per heavy atom. The highest BCUT2D eigenvalue weighted by Crippen LogP contribution is 2.15. The Labute approximate surface area is 108 Å². The van der Waals surface area contributed by atoms with Crippen molar-refractivity contribution < 1.29 is 13.5 Å². The first-order chi connectivity index (χ1) is 8.57. The molecule has 1 aromatic rings. The summed E-state index contributed by atoms with van der Waals surface area (Å²) in [5.74, 6) is 0.512. The minimum absolute atomic E-state index is 0.201. The third-order valence-corrected chi connectivity index (χ3v) is 5.05. The lowest BCUT2D eigenvalue weighted by molar-refractivity contribution is 0.168. The number of hydrogen-bond donors (Lipinski definition) is 2. The van der Waals surface area contributed by atoms with Gasteiger partial charge in [-0.15, -0.1) is 0 Å². The lowest BCUT2D eigenvalue weighted by Gasteiger charge is -2.24. The molecule has 1 aliphatic heterocycles. The maximum atomic E-state index is 11.3. The summed E-state index contributed by atoms with van der Waals surface area (Å²) in [6.45, 7) is 0.467. The van der Waals surface area contributed by atoms with E-state index in [0.29, 0.717) is 19.4 Å². The standard InChI is InChI=1S/C13H19NO3S/c15-13(11-4-2-1-3-5-11)10-14-12-6-8-18(16,17)9-7-12/h1-5,12-15H,6-10H2. The van der Waals surface area contributed by atoms with Gasteiger partial charge in [0.15, 0.2) is 0 Å². The first kappa shape index (κ1) is 13.5. The zero-order chi connectivity index (χ0) is 13.0. The lowest BCUT2D eigenvalue weighted by atomic mass is 10.1. The Morgan fingerprint density at radius 2 is 1.83 bits per heavy atom. The van der Waals surface area contributed by atoms with Crippen LogP contribution in [0.1, 0.15) is 24.5 Å². The van der Waals surface area contributed by atoms with Crippen LogP contribution in [0.2, 0.25) is 0 Å². The quantitative estimate of drug-likeness (QED) is 0.852. The van der Waals surface area contributed by atoms with Gasteiger partial charge in [0.25, 0.3) is 0 Å². The van der Waals surface area contributed by atoms with Crippen LogP contribution < -0.4 is 5.32 Å². The molecular weight excluding hydrogens is 250 g/mol. The predicted molar refractivity (Wildman–Crippen MR) is 71.1 cm³/mol. The van der Waals surface area contributed by atoms with Gasteiger partial charge in [0.2, 0.25) is 0 Å². The summed E-state index contributed by atoms with van der Waals surface area (Å²) in [7, 11) is -2.81. The second-order valence-corrected chi connectivity index (χ2v) is 7.06. The fourth-order valence-electron chi connectivity index (χ4n) is 2.17. The average Bonchev–Trinajstić information content (AvgIpc) is 2.38. The zero-order valence-corrected chi connectivity index (χ0v) is 11.1. The number of sulfone groups is 1. The molecule has 18 heavy (non-hydrogen) atoms. The van der Waals surface area contributed by atoms with E-state index in [1.165, 1.54) is 0 Å². The van der Waals surface area contributed by atoms with Crippen LogP contribution in [-0.4, -0.2) is 37.6 Å². The summed E-state index contributed by atoms with van der Waals surface area (Å²) >= 11 is 0. The number of rotatable bonds is 4. The average molecular weight is 269 g/mol. The van der Waals surface area contributed by atoms with E-state index in [2.05, 4.69) is 5.32 Å². The monoisotopic (exact) mass is 269 g/mol. The summed E-state index contributed by atoms with van der Waals surface area (Å²) in [5, 5.41) is 13.2. The van der Waals surface area contributed by atoms with Crippen molar-refractivity contribution in [2.45, 2.75) is 25.0 Å². The maximum absolute atomic E-state index is 11.3. The molecule has 5 heteroatoms. The Morgan fingerprint density at radius 3 is 2.44 bits per heavy atom. The smallest absolute Gasteiger partial charge is 0.150 e. The van der Waals surface area contributed by atoms with Gasteiger partial charge >= 0.3 is 0 Å². The van der Waals surface area contributed by atoms with E-state index in [-0.39, 0.29) is 17.5 Å². The molecule has 0 aromatic heterocycles. The van der Waals surface area contributed by atoms with Gasteiger partial charge in [0.05, 0.1) is 17.6 Å². The molecule has 0 bridgehead atoms. The summed E-state index contributed by atoms with van der Waals surface area (Å²) in [6.07, 6.45) is 0.748. The van der Waals surface area contributed by atoms with Gasteiger partial charge in [-0.25, -0.2) is 8.42 Å². The highest BCUT2D eigenvalue weighted by Gasteiger charge is 2.23. The molecule has 0 spiro atoms. The largest absolute Gasteiger partial charge is 0.387 e. The Bertz CT molecular complexity index is 458. The minimum atomic E-state index is -2.81. The number of aliphatic hydroxyl groups excluding tert-OH is 1. The van der Waals surface area contributed by atoms with Gasteiger partial charge in [-0.3, -0.25) is 0 Å². The number of nitrogens with one attached hydrogen (secondary N) is 1. The minimum Gasteiger partial charge on any atom is -0.387 e. The van der Waals surface area contributed by atoms with E-state index in [1.807, 2.05) is 30.3 Å². The molecule has 1 heterocycles. The lowest BCUT2D eigenvalue weighted by Crippen LogP contribution is -2.39. The molecule has 1 saturated heterocycles. The topological polar surface area (TPSA) is 66.4 Å². The fourth-order valence-corrected chi connectivity index (χ4v) is 3.66. The molecule has 1 fully saturated rings. The highest BCUT2D eigenvalue weighted by atomic mass is 32.2. The SMILES string of the molecule is O=S1(=O)CCC(NCC(O)c2ccccc2)CC1. The zero-order valence-electron chi connectivity index (χ0n) is 10.2. The second-order valence-electron chi connectivity index (χ2n) is 4.76. The van der Waals surface area contributed by atoms with Gasteiger partial charge in [0, 0.05) is 12.6 Å². The van der Waals surface area contributed by atoms with Crippen molar-refractivity contribution >= 4 is 9.84 Å². The van der Waals surface area contributed by atoms with Gasteiger partial charge in [-0.05, 0) is 18.4 Å². The third-order valence-electron chi connectivity index (χ3n) is 3.34. The van der Waals surface area contributed by atoms with Crippen molar-refractivity contribution in [3.8, 4) is 0 Å². The van der Waals surface area contributed by atoms with Crippen molar-refractivity contribution in [2.75, 3.05) is 18.1 Å². The molecule has 1 aliphatic rings. The summed E-state index contributed by atoms with van der Waals surface area (Å²) in [6, 6.07) is 9.68. The number of aliphatic hydroxyl groups is 1. The first-order valence-electron chi connectivity index (χ1n) is 6.24. The number of benzene rings is 1. The van der Waals surface area contributed by atoms with Crippen LogP contribution in [0.5, 0.6) is 0 Å². The molecule has 1 atom stereocenters. The summed E-state index contributed by atoms with van der Waals surface area (Å²) in [4.78, 5) is 0. The normalized spacial score (nSPS) is 21.6. The van der Waals surface area contributed by atoms with Crippen molar-refractivity contribution in [3.05, 3.63) is 35.9 Å². The fraction of sp³-hybridized carbons (Fsp3) is 0.538. The Balaban J connectivity index is 1.79. The molecule has 0 amide bonds. The molecule has 0 saturated carbocycles. The van der Waals surface area contributed by atoms with E-state index in [4.69, 9.17) is 0 Å². The molecule has 0 radical (unpaired) electrons. The third kappa shape index (κ3) is 3.80. The Hall–Kier alpha value is -0.910. The van der Waals surface area contributed by atoms with Crippen molar-refractivity contribution in [1.29, 1.82) is 0 Å². The van der Waals surface area contributed by atoms with Crippen molar-refractivity contribution in [2.24, 2.45) is 0 Å². The maximum Gasteiger partial charge on any atom is 0.150 e. The molecule has 4 nitrogen and oxygen atoms in total. The molecule has 1 aromatic carbocycles. The van der Waals surface area contributed by atoms with Crippen LogP contribution in [0.15, 0.2) is 30.3 Å². The van der Waals surface area contributed by atoms with Crippen LogP contribution in [0.4, 0.5) is 0 Å². The van der Waals surface area contributed by atoms with Crippen LogP contribution >= 0.6 is 0 Å². The van der Waals surface area contributed by atoms with Crippen LogP contribution in [0, 0.1) is 0 Å².